The van der Waals surface area contributed by atoms with Gasteiger partial charge in [0.15, 0.2) is 6.61 Å². The summed E-state index contributed by atoms with van der Waals surface area (Å²) in [5.41, 5.74) is 1.17. The van der Waals surface area contributed by atoms with Crippen molar-refractivity contribution < 1.29 is 41.8 Å². The predicted molar refractivity (Wildman–Crippen MR) is 128 cm³/mol. The molecule has 1 heterocycles. The summed E-state index contributed by atoms with van der Waals surface area (Å²) >= 11 is 0. The topological polar surface area (TPSA) is 118 Å². The fourth-order valence-electron chi connectivity index (χ4n) is 3.12. The molecule has 1 aromatic heterocycles. The van der Waals surface area contributed by atoms with Crippen molar-refractivity contribution in [2.75, 3.05) is 6.61 Å². The number of hydrogen-bond acceptors (Lipinski definition) is 5. The van der Waals surface area contributed by atoms with E-state index in [0.717, 1.165) is 30.6 Å². The number of pyridine rings is 1. The SMILES string of the molecule is CCCCCC(=O)N[C@@H](C=CP(=O)(O)O)Cc1ccc(OCc2cc(OCC(F)(F)F)ccn2)cc1. The van der Waals surface area contributed by atoms with Gasteiger partial charge in [0.1, 0.15) is 18.1 Å². The second kappa shape index (κ2) is 14.0. The van der Waals surface area contributed by atoms with Gasteiger partial charge < -0.3 is 24.6 Å². The van der Waals surface area contributed by atoms with Crippen molar-refractivity contribution in [2.24, 2.45) is 0 Å². The highest BCUT2D eigenvalue weighted by Crippen LogP contribution is 2.36. The number of alkyl halides is 3. The summed E-state index contributed by atoms with van der Waals surface area (Å²) in [4.78, 5) is 34.5. The van der Waals surface area contributed by atoms with E-state index in [-0.39, 0.29) is 18.3 Å². The van der Waals surface area contributed by atoms with E-state index in [1.54, 1.807) is 24.3 Å². The molecule has 0 aliphatic carbocycles. The van der Waals surface area contributed by atoms with Crippen LogP contribution in [0.4, 0.5) is 13.2 Å². The third-order valence-corrected chi connectivity index (χ3v) is 5.38. The molecule has 0 aliphatic heterocycles. The molecule has 0 spiro atoms. The van der Waals surface area contributed by atoms with Crippen LogP contribution in [-0.2, 0) is 22.4 Å². The van der Waals surface area contributed by atoms with Gasteiger partial charge in [-0.05, 0) is 36.6 Å². The maximum atomic E-state index is 12.3. The second-order valence-electron chi connectivity index (χ2n) is 8.09. The largest absolute Gasteiger partial charge is 0.487 e. The lowest BCUT2D eigenvalue weighted by atomic mass is 10.1. The van der Waals surface area contributed by atoms with E-state index in [1.165, 1.54) is 24.4 Å². The highest BCUT2D eigenvalue weighted by atomic mass is 31.2. The Morgan fingerprint density at radius 2 is 1.86 bits per heavy atom. The minimum absolute atomic E-state index is 0.00400. The number of hydrogen-bond donors (Lipinski definition) is 3. The van der Waals surface area contributed by atoms with Gasteiger partial charge in [-0.15, -0.1) is 0 Å². The number of carbonyl (C=O) groups excluding carboxylic acids is 1. The van der Waals surface area contributed by atoms with Crippen molar-refractivity contribution in [1.29, 1.82) is 0 Å². The molecular weight excluding hydrogens is 500 g/mol. The number of benzene rings is 1. The van der Waals surface area contributed by atoms with Crippen molar-refractivity contribution in [3.05, 3.63) is 65.7 Å². The number of halogens is 3. The van der Waals surface area contributed by atoms with E-state index in [0.29, 0.717) is 24.3 Å². The van der Waals surface area contributed by atoms with Crippen LogP contribution in [0.5, 0.6) is 11.5 Å². The molecule has 0 bridgehead atoms. The molecule has 0 saturated heterocycles. The highest BCUT2D eigenvalue weighted by molar-refractivity contribution is 7.55. The number of nitrogens with zero attached hydrogens (tertiary/aromatic N) is 1. The third kappa shape index (κ3) is 12.7. The number of rotatable bonds is 14. The van der Waals surface area contributed by atoms with E-state index >= 15 is 0 Å². The first-order valence-corrected chi connectivity index (χ1v) is 13.0. The van der Waals surface area contributed by atoms with Crippen LogP contribution in [0, 0.1) is 0 Å². The normalized spacial score (nSPS) is 12.9. The molecular formula is C24H30F3N2O6P. The van der Waals surface area contributed by atoms with Crippen LogP contribution in [0.3, 0.4) is 0 Å². The fourth-order valence-corrected chi connectivity index (χ4v) is 3.55. The van der Waals surface area contributed by atoms with Crippen LogP contribution in [0.25, 0.3) is 0 Å². The van der Waals surface area contributed by atoms with Gasteiger partial charge in [-0.25, -0.2) is 0 Å². The summed E-state index contributed by atoms with van der Waals surface area (Å²) in [7, 11) is -4.38. The van der Waals surface area contributed by atoms with Crippen LogP contribution in [0.15, 0.2) is 54.5 Å². The van der Waals surface area contributed by atoms with Gasteiger partial charge in [0, 0.05) is 24.5 Å². The third-order valence-electron chi connectivity index (χ3n) is 4.82. The van der Waals surface area contributed by atoms with Gasteiger partial charge >= 0.3 is 13.8 Å². The number of carbonyl (C=O) groups is 1. The zero-order chi connectivity index (χ0) is 26.6. The van der Waals surface area contributed by atoms with Crippen LogP contribution in [0.2, 0.25) is 0 Å². The van der Waals surface area contributed by atoms with Gasteiger partial charge in [-0.3, -0.25) is 14.3 Å². The van der Waals surface area contributed by atoms with E-state index < -0.39 is 26.4 Å². The molecule has 1 aromatic carbocycles. The van der Waals surface area contributed by atoms with Crippen LogP contribution >= 0.6 is 7.60 Å². The first-order valence-electron chi connectivity index (χ1n) is 11.3. The lowest BCUT2D eigenvalue weighted by Gasteiger charge is -2.16. The van der Waals surface area contributed by atoms with Gasteiger partial charge in [0.05, 0.1) is 11.7 Å². The Morgan fingerprint density at radius 1 is 1.14 bits per heavy atom. The number of nitrogens with one attached hydrogen (secondary N) is 1. The zero-order valence-electron chi connectivity index (χ0n) is 19.8. The van der Waals surface area contributed by atoms with E-state index in [9.17, 15) is 22.5 Å². The monoisotopic (exact) mass is 530 g/mol. The molecule has 0 saturated carbocycles. The van der Waals surface area contributed by atoms with Crippen molar-refractivity contribution in [1.82, 2.24) is 10.3 Å². The Labute approximate surface area is 207 Å². The average Bonchev–Trinajstić information content (AvgIpc) is 2.80. The van der Waals surface area contributed by atoms with Gasteiger partial charge in [-0.2, -0.15) is 13.2 Å². The first-order chi connectivity index (χ1) is 16.9. The molecule has 8 nitrogen and oxygen atoms in total. The number of amides is 1. The fraction of sp³-hybridized carbons (Fsp3) is 0.417. The smallest absolute Gasteiger partial charge is 0.422 e. The highest BCUT2D eigenvalue weighted by Gasteiger charge is 2.28. The molecule has 36 heavy (non-hydrogen) atoms. The Kier molecular flexibility index (Phi) is 11.4. The summed E-state index contributed by atoms with van der Waals surface area (Å²) in [5.74, 6) is 1.09. The second-order valence-corrected chi connectivity index (χ2v) is 9.56. The maximum absolute atomic E-state index is 12.3. The molecule has 0 aliphatic rings. The minimum atomic E-state index is -4.44. The average molecular weight is 530 g/mol. The van der Waals surface area contributed by atoms with Crippen molar-refractivity contribution in [3.8, 4) is 11.5 Å². The Hall–Kier alpha value is -2.88. The molecule has 0 unspecified atom stereocenters. The van der Waals surface area contributed by atoms with E-state index in [2.05, 4.69) is 10.3 Å². The number of aromatic nitrogens is 1. The molecule has 3 N–H and O–H groups in total. The van der Waals surface area contributed by atoms with Crippen LogP contribution in [-0.4, -0.2) is 39.5 Å². The lowest BCUT2D eigenvalue weighted by Crippen LogP contribution is -2.34. The zero-order valence-corrected chi connectivity index (χ0v) is 20.7. The molecule has 1 amide bonds. The minimum Gasteiger partial charge on any atom is -0.487 e. The number of ether oxygens (including phenoxy) is 2. The van der Waals surface area contributed by atoms with Crippen LogP contribution in [0.1, 0.15) is 43.9 Å². The Morgan fingerprint density at radius 3 is 2.50 bits per heavy atom. The van der Waals surface area contributed by atoms with E-state index in [4.69, 9.17) is 19.3 Å². The predicted octanol–water partition coefficient (Wildman–Crippen LogP) is 4.90. The standard InChI is InChI=1S/C24H30F3N2O6P/c1-2-3-4-5-23(30)29-19(11-13-36(31,32)33)14-18-6-8-21(9-7-18)34-16-20-15-22(10-12-28-20)35-17-24(25,26)27/h6-13,15,19H,2-5,14,16-17H2,1H3,(H,29,30)(H2,31,32,33)/t19-/m0/s1. The summed E-state index contributed by atoms with van der Waals surface area (Å²) in [6.07, 6.45) is 1.43. The van der Waals surface area contributed by atoms with Crippen molar-refractivity contribution in [2.45, 2.75) is 57.9 Å². The molecule has 12 heteroatoms. The maximum Gasteiger partial charge on any atom is 0.422 e. The quantitative estimate of drug-likeness (QED) is 0.235. The Balaban J connectivity index is 1.96. The lowest BCUT2D eigenvalue weighted by molar-refractivity contribution is -0.153. The van der Waals surface area contributed by atoms with Gasteiger partial charge in [0.2, 0.25) is 5.91 Å². The molecule has 2 aromatic rings. The first kappa shape index (κ1) is 29.4. The van der Waals surface area contributed by atoms with Crippen molar-refractivity contribution in [3.63, 3.8) is 0 Å². The van der Waals surface area contributed by atoms with Crippen molar-refractivity contribution >= 4 is 13.5 Å². The molecule has 0 radical (unpaired) electrons. The van der Waals surface area contributed by atoms with Crippen LogP contribution < -0.4 is 14.8 Å². The number of unbranched alkanes of at least 4 members (excludes halogenated alkanes) is 2. The summed E-state index contributed by atoms with van der Waals surface area (Å²) in [6.45, 7) is 0.629. The van der Waals surface area contributed by atoms with E-state index in [1.807, 2.05) is 6.92 Å². The molecule has 1 atom stereocenters. The molecule has 0 fully saturated rings. The Bertz CT molecular complexity index is 1040. The van der Waals surface area contributed by atoms with Gasteiger partial charge in [0.25, 0.3) is 0 Å². The molecule has 198 valence electrons. The summed E-state index contributed by atoms with van der Waals surface area (Å²) in [6, 6.07) is 8.91. The molecule has 2 rings (SSSR count). The summed E-state index contributed by atoms with van der Waals surface area (Å²) in [5, 5.41) is 2.79. The summed E-state index contributed by atoms with van der Waals surface area (Å²) < 4.78 is 58.5. The van der Waals surface area contributed by atoms with Gasteiger partial charge in [-0.1, -0.05) is 38.0 Å².